The van der Waals surface area contributed by atoms with E-state index in [1.165, 1.54) is 37.9 Å². The minimum absolute atomic E-state index is 0. The van der Waals surface area contributed by atoms with Crippen LogP contribution in [0.5, 0.6) is 5.75 Å². The molecule has 2 aliphatic heterocycles. The number of hydrogen-bond acceptors (Lipinski definition) is 4. The van der Waals surface area contributed by atoms with Crippen molar-refractivity contribution in [2.24, 2.45) is 0 Å². The molecule has 27 heavy (non-hydrogen) atoms. The van der Waals surface area contributed by atoms with Crippen molar-refractivity contribution < 1.29 is 9.53 Å². The zero-order valence-electron chi connectivity index (χ0n) is 16.5. The summed E-state index contributed by atoms with van der Waals surface area (Å²) in [6.45, 7) is 6.23. The Bertz CT molecular complexity index is 555. The lowest BCUT2D eigenvalue weighted by atomic mass is 10.1. The molecule has 2 saturated heterocycles. The number of hydrogen-bond donors (Lipinski definition) is 1. The van der Waals surface area contributed by atoms with Crippen LogP contribution in [0.15, 0.2) is 24.3 Å². The molecule has 2 heterocycles. The molecule has 0 aromatic heterocycles. The van der Waals surface area contributed by atoms with Crippen molar-refractivity contribution in [2.75, 3.05) is 46.4 Å². The Balaban J connectivity index is 0.00000261. The second kappa shape index (κ2) is 11.5. The van der Waals surface area contributed by atoms with Crippen molar-refractivity contribution in [3.63, 3.8) is 0 Å². The van der Waals surface area contributed by atoms with E-state index in [0.29, 0.717) is 18.4 Å². The summed E-state index contributed by atoms with van der Waals surface area (Å²) >= 11 is 0. The van der Waals surface area contributed by atoms with Crippen LogP contribution in [0.25, 0.3) is 0 Å². The largest absolute Gasteiger partial charge is 0.497 e. The number of nitrogens with one attached hydrogen (secondary N) is 1. The van der Waals surface area contributed by atoms with Gasteiger partial charge in [0, 0.05) is 32.1 Å². The zero-order chi connectivity index (χ0) is 18.2. The maximum atomic E-state index is 13.0. The Labute approximate surface area is 169 Å². The third-order valence-corrected chi connectivity index (χ3v) is 5.69. The van der Waals surface area contributed by atoms with Crippen LogP contribution in [-0.4, -0.2) is 68.1 Å². The van der Waals surface area contributed by atoms with Crippen LogP contribution < -0.4 is 10.1 Å². The third-order valence-electron chi connectivity index (χ3n) is 5.69. The van der Waals surface area contributed by atoms with E-state index < -0.39 is 0 Å². The fourth-order valence-corrected chi connectivity index (χ4v) is 4.04. The molecule has 0 radical (unpaired) electrons. The van der Waals surface area contributed by atoms with Crippen molar-refractivity contribution in [1.29, 1.82) is 0 Å². The normalized spacial score (nSPS) is 20.1. The second-order valence-corrected chi connectivity index (χ2v) is 7.48. The molecule has 1 N–H and O–H groups in total. The molecule has 152 valence electrons. The van der Waals surface area contributed by atoms with Gasteiger partial charge in [-0.05, 0) is 63.0 Å². The van der Waals surface area contributed by atoms with Crippen LogP contribution in [-0.2, 0) is 11.2 Å². The van der Waals surface area contributed by atoms with Gasteiger partial charge < -0.3 is 19.9 Å². The first-order valence-electron chi connectivity index (χ1n) is 10.1. The van der Waals surface area contributed by atoms with E-state index in [0.717, 1.165) is 44.8 Å². The number of amides is 1. The van der Waals surface area contributed by atoms with Gasteiger partial charge in [0.2, 0.25) is 5.91 Å². The number of ether oxygens (including phenoxy) is 1. The SMILES string of the molecule is COc1ccc(CCC(=O)N(CCN2CCCCC2)C2CCNC2)cc1.Cl. The lowest BCUT2D eigenvalue weighted by Gasteiger charge is -2.33. The number of nitrogens with zero attached hydrogens (tertiary/aromatic N) is 2. The monoisotopic (exact) mass is 395 g/mol. The van der Waals surface area contributed by atoms with E-state index in [4.69, 9.17) is 4.74 Å². The average Bonchev–Trinajstić information content (AvgIpc) is 3.22. The molecule has 1 unspecified atom stereocenters. The molecule has 0 spiro atoms. The summed E-state index contributed by atoms with van der Waals surface area (Å²) in [5.74, 6) is 1.16. The van der Waals surface area contributed by atoms with E-state index in [2.05, 4.69) is 27.2 Å². The van der Waals surface area contributed by atoms with Crippen molar-refractivity contribution in [3.05, 3.63) is 29.8 Å². The predicted octanol–water partition coefficient (Wildman–Crippen LogP) is 2.73. The van der Waals surface area contributed by atoms with Gasteiger partial charge in [0.25, 0.3) is 0 Å². The number of benzene rings is 1. The molecular formula is C21H34ClN3O2. The summed E-state index contributed by atoms with van der Waals surface area (Å²) < 4.78 is 5.20. The molecule has 1 aromatic rings. The van der Waals surface area contributed by atoms with Crippen LogP contribution in [0, 0.1) is 0 Å². The number of aryl methyl sites for hydroxylation is 1. The van der Waals surface area contributed by atoms with Crippen LogP contribution in [0.2, 0.25) is 0 Å². The summed E-state index contributed by atoms with van der Waals surface area (Å²) in [7, 11) is 1.67. The zero-order valence-corrected chi connectivity index (χ0v) is 17.3. The minimum Gasteiger partial charge on any atom is -0.497 e. The van der Waals surface area contributed by atoms with Gasteiger partial charge in [0.15, 0.2) is 0 Å². The first-order chi connectivity index (χ1) is 12.8. The number of halogens is 1. The van der Waals surface area contributed by atoms with E-state index in [1.807, 2.05) is 12.1 Å². The van der Waals surface area contributed by atoms with Gasteiger partial charge in [-0.25, -0.2) is 0 Å². The topological polar surface area (TPSA) is 44.8 Å². The van der Waals surface area contributed by atoms with Crippen LogP contribution in [0.1, 0.15) is 37.7 Å². The quantitative estimate of drug-likeness (QED) is 0.735. The average molecular weight is 396 g/mol. The second-order valence-electron chi connectivity index (χ2n) is 7.48. The van der Waals surface area contributed by atoms with Gasteiger partial charge in [0.05, 0.1) is 7.11 Å². The van der Waals surface area contributed by atoms with Crippen molar-refractivity contribution >= 4 is 18.3 Å². The summed E-state index contributed by atoms with van der Waals surface area (Å²) in [4.78, 5) is 17.6. The standard InChI is InChI=1S/C21H33N3O2.ClH/c1-26-20-8-5-18(6-9-20)7-10-21(25)24(19-11-12-22-17-19)16-15-23-13-3-2-4-14-23;/h5-6,8-9,19,22H,2-4,7,10-17H2,1H3;1H. The van der Waals surface area contributed by atoms with Gasteiger partial charge in [-0.15, -0.1) is 12.4 Å². The van der Waals surface area contributed by atoms with Crippen molar-refractivity contribution in [3.8, 4) is 5.75 Å². The molecule has 3 rings (SSSR count). The predicted molar refractivity (Wildman–Crippen MR) is 112 cm³/mol. The molecule has 5 nitrogen and oxygen atoms in total. The Kier molecular flexibility index (Phi) is 9.39. The van der Waals surface area contributed by atoms with Crippen LogP contribution in [0.3, 0.4) is 0 Å². The molecule has 1 amide bonds. The molecule has 0 aliphatic carbocycles. The Morgan fingerprint density at radius 1 is 1.22 bits per heavy atom. The van der Waals surface area contributed by atoms with Crippen molar-refractivity contribution in [2.45, 2.75) is 44.6 Å². The number of carbonyl (C=O) groups is 1. The number of methoxy groups -OCH3 is 1. The molecule has 2 aliphatic rings. The number of rotatable bonds is 8. The molecule has 1 aromatic carbocycles. The lowest BCUT2D eigenvalue weighted by Crippen LogP contribution is -2.46. The number of piperidine rings is 1. The Hall–Kier alpha value is -1.30. The number of likely N-dealkylation sites (tertiary alicyclic amines) is 1. The summed E-state index contributed by atoms with van der Waals surface area (Å²) in [5, 5.41) is 3.41. The lowest BCUT2D eigenvalue weighted by molar-refractivity contribution is -0.133. The molecule has 6 heteroatoms. The maximum absolute atomic E-state index is 13.0. The molecule has 0 bridgehead atoms. The molecule has 0 saturated carbocycles. The van der Waals surface area contributed by atoms with Gasteiger partial charge >= 0.3 is 0 Å². The molecule has 1 atom stereocenters. The highest BCUT2D eigenvalue weighted by atomic mass is 35.5. The highest BCUT2D eigenvalue weighted by Gasteiger charge is 2.26. The van der Waals surface area contributed by atoms with Crippen LogP contribution >= 0.6 is 12.4 Å². The fourth-order valence-electron chi connectivity index (χ4n) is 4.04. The summed E-state index contributed by atoms with van der Waals surface area (Å²) in [5.41, 5.74) is 1.19. The summed E-state index contributed by atoms with van der Waals surface area (Å²) in [6.07, 6.45) is 6.42. The minimum atomic E-state index is 0. The van der Waals surface area contributed by atoms with Crippen LogP contribution in [0.4, 0.5) is 0 Å². The summed E-state index contributed by atoms with van der Waals surface area (Å²) in [6, 6.07) is 8.41. The Morgan fingerprint density at radius 3 is 2.59 bits per heavy atom. The van der Waals surface area contributed by atoms with Gasteiger partial charge in [-0.3, -0.25) is 4.79 Å². The van der Waals surface area contributed by atoms with Crippen molar-refractivity contribution in [1.82, 2.24) is 15.1 Å². The number of carbonyl (C=O) groups excluding carboxylic acids is 1. The highest BCUT2D eigenvalue weighted by Crippen LogP contribution is 2.16. The third kappa shape index (κ3) is 6.66. The first kappa shape index (κ1) is 22.0. The van der Waals surface area contributed by atoms with E-state index in [-0.39, 0.29) is 12.4 Å². The van der Waals surface area contributed by atoms with Gasteiger partial charge in [-0.1, -0.05) is 18.6 Å². The fraction of sp³-hybridized carbons (Fsp3) is 0.667. The van der Waals surface area contributed by atoms with E-state index >= 15 is 0 Å². The van der Waals surface area contributed by atoms with Gasteiger partial charge in [0.1, 0.15) is 5.75 Å². The highest BCUT2D eigenvalue weighted by molar-refractivity contribution is 5.85. The molecular weight excluding hydrogens is 362 g/mol. The first-order valence-corrected chi connectivity index (χ1v) is 10.1. The Morgan fingerprint density at radius 2 is 1.96 bits per heavy atom. The molecule has 2 fully saturated rings. The van der Waals surface area contributed by atoms with E-state index in [1.54, 1.807) is 7.11 Å². The smallest absolute Gasteiger partial charge is 0.223 e. The maximum Gasteiger partial charge on any atom is 0.223 e. The van der Waals surface area contributed by atoms with E-state index in [9.17, 15) is 4.79 Å². The van der Waals surface area contributed by atoms with Gasteiger partial charge in [-0.2, -0.15) is 0 Å².